The van der Waals surface area contributed by atoms with Gasteiger partial charge in [-0.25, -0.2) is 0 Å². The first-order chi connectivity index (χ1) is 6.74. The molecule has 2 nitrogen and oxygen atoms in total. The van der Waals surface area contributed by atoms with Crippen molar-refractivity contribution >= 4 is 0 Å². The number of hydrogen-bond donors (Lipinski definition) is 1. The highest BCUT2D eigenvalue weighted by Crippen LogP contribution is 2.40. The van der Waals surface area contributed by atoms with Gasteiger partial charge in [-0.1, -0.05) is 6.08 Å². The van der Waals surface area contributed by atoms with Gasteiger partial charge in [0.15, 0.2) is 0 Å². The van der Waals surface area contributed by atoms with Gasteiger partial charge in [-0.2, -0.15) is 0 Å². The summed E-state index contributed by atoms with van der Waals surface area (Å²) >= 11 is 0. The van der Waals surface area contributed by atoms with Crippen LogP contribution in [-0.2, 0) is 0 Å². The number of rotatable bonds is 4. The fraction of sp³-hybridized carbons (Fsp3) is 0.833. The number of piperazine rings is 1. The van der Waals surface area contributed by atoms with Crippen molar-refractivity contribution in [3.63, 3.8) is 0 Å². The molecule has 0 bridgehead atoms. The molecule has 1 heterocycles. The van der Waals surface area contributed by atoms with Crippen molar-refractivity contribution in [1.29, 1.82) is 0 Å². The lowest BCUT2D eigenvalue weighted by atomic mass is 9.93. The Hall–Kier alpha value is -0.340. The normalized spacial score (nSPS) is 34.4. The van der Waals surface area contributed by atoms with Gasteiger partial charge in [0.2, 0.25) is 0 Å². The Labute approximate surface area is 87.4 Å². The summed E-state index contributed by atoms with van der Waals surface area (Å²) in [4.78, 5) is 2.58. The quantitative estimate of drug-likeness (QED) is 0.684. The van der Waals surface area contributed by atoms with E-state index < -0.39 is 0 Å². The van der Waals surface area contributed by atoms with E-state index in [0.29, 0.717) is 5.54 Å². The van der Waals surface area contributed by atoms with Crippen LogP contribution in [0.4, 0.5) is 0 Å². The van der Waals surface area contributed by atoms with Crippen molar-refractivity contribution in [2.24, 2.45) is 5.92 Å². The Morgan fingerprint density at radius 1 is 1.57 bits per heavy atom. The van der Waals surface area contributed by atoms with Crippen molar-refractivity contribution in [1.82, 2.24) is 10.2 Å². The lowest BCUT2D eigenvalue weighted by molar-refractivity contribution is 0.129. The summed E-state index contributed by atoms with van der Waals surface area (Å²) in [5, 5.41) is 3.70. The second kappa shape index (κ2) is 4.03. The minimum absolute atomic E-state index is 0.402. The monoisotopic (exact) mass is 194 g/mol. The van der Waals surface area contributed by atoms with Crippen LogP contribution in [0, 0.1) is 5.92 Å². The van der Waals surface area contributed by atoms with Gasteiger partial charge in [0, 0.05) is 31.7 Å². The van der Waals surface area contributed by atoms with Crippen LogP contribution in [0.25, 0.3) is 0 Å². The molecular formula is C12H22N2. The average molecular weight is 194 g/mol. The Bertz CT molecular complexity index is 210. The molecule has 2 rings (SSSR count). The third kappa shape index (κ3) is 2.18. The summed E-state index contributed by atoms with van der Waals surface area (Å²) in [6.45, 7) is 11.0. The fourth-order valence-electron chi connectivity index (χ4n) is 2.56. The molecule has 0 aromatic heterocycles. The maximum Gasteiger partial charge on any atom is 0.0309 e. The highest BCUT2D eigenvalue weighted by molar-refractivity contribution is 5.02. The van der Waals surface area contributed by atoms with Crippen LogP contribution in [0.2, 0.25) is 0 Å². The third-order valence-electron chi connectivity index (χ3n) is 3.64. The standard InChI is InChI=1S/C12H22N2/c1-3-4-8-14-9-7-13-12(2,10-14)11-5-6-11/h3,11,13H,1,4-10H2,2H3. The van der Waals surface area contributed by atoms with Crippen molar-refractivity contribution in [2.75, 3.05) is 26.2 Å². The van der Waals surface area contributed by atoms with E-state index in [1.54, 1.807) is 0 Å². The van der Waals surface area contributed by atoms with E-state index in [9.17, 15) is 0 Å². The molecule has 2 aliphatic rings. The maximum atomic E-state index is 3.79. The minimum atomic E-state index is 0.402. The summed E-state index contributed by atoms with van der Waals surface area (Å²) < 4.78 is 0. The Morgan fingerprint density at radius 2 is 2.36 bits per heavy atom. The zero-order valence-corrected chi connectivity index (χ0v) is 9.26. The maximum absolute atomic E-state index is 3.79. The predicted molar refractivity (Wildman–Crippen MR) is 60.4 cm³/mol. The highest BCUT2D eigenvalue weighted by atomic mass is 15.2. The zero-order valence-electron chi connectivity index (χ0n) is 9.26. The van der Waals surface area contributed by atoms with Crippen LogP contribution in [-0.4, -0.2) is 36.6 Å². The first-order valence-electron chi connectivity index (χ1n) is 5.83. The van der Waals surface area contributed by atoms with Gasteiger partial charge in [-0.15, -0.1) is 6.58 Å². The first kappa shape index (κ1) is 10.2. The zero-order chi connectivity index (χ0) is 10.0. The molecule has 1 unspecified atom stereocenters. The molecule has 1 saturated carbocycles. The van der Waals surface area contributed by atoms with Crippen LogP contribution in [0.5, 0.6) is 0 Å². The smallest absolute Gasteiger partial charge is 0.0309 e. The second-order valence-corrected chi connectivity index (χ2v) is 4.97. The van der Waals surface area contributed by atoms with Gasteiger partial charge in [0.25, 0.3) is 0 Å². The van der Waals surface area contributed by atoms with Crippen LogP contribution in [0.3, 0.4) is 0 Å². The van der Waals surface area contributed by atoms with Gasteiger partial charge >= 0.3 is 0 Å². The summed E-state index contributed by atoms with van der Waals surface area (Å²) in [6, 6.07) is 0. The molecule has 0 amide bonds. The molecule has 1 atom stereocenters. The molecule has 14 heavy (non-hydrogen) atoms. The van der Waals surface area contributed by atoms with Gasteiger partial charge in [0.1, 0.15) is 0 Å². The van der Waals surface area contributed by atoms with E-state index in [0.717, 1.165) is 18.9 Å². The number of hydrogen-bond acceptors (Lipinski definition) is 2. The van der Waals surface area contributed by atoms with Gasteiger partial charge in [-0.3, -0.25) is 4.90 Å². The van der Waals surface area contributed by atoms with Gasteiger partial charge < -0.3 is 5.32 Å². The Kier molecular flexibility index (Phi) is 2.93. The van der Waals surface area contributed by atoms with Crippen molar-refractivity contribution in [3.8, 4) is 0 Å². The van der Waals surface area contributed by atoms with E-state index in [1.807, 2.05) is 6.08 Å². The minimum Gasteiger partial charge on any atom is -0.309 e. The Balaban J connectivity index is 1.86. The topological polar surface area (TPSA) is 15.3 Å². The van der Waals surface area contributed by atoms with Crippen LogP contribution in [0.1, 0.15) is 26.2 Å². The molecular weight excluding hydrogens is 172 g/mol. The molecule has 1 aliphatic carbocycles. The first-order valence-corrected chi connectivity index (χ1v) is 5.83. The van der Waals surface area contributed by atoms with Crippen LogP contribution < -0.4 is 5.32 Å². The third-order valence-corrected chi connectivity index (χ3v) is 3.64. The largest absolute Gasteiger partial charge is 0.309 e. The molecule has 1 aliphatic heterocycles. The molecule has 0 spiro atoms. The summed E-state index contributed by atoms with van der Waals surface area (Å²) in [5.41, 5.74) is 0.402. The molecule has 1 N–H and O–H groups in total. The van der Waals surface area contributed by atoms with Crippen LogP contribution >= 0.6 is 0 Å². The lowest BCUT2D eigenvalue weighted by Gasteiger charge is -2.42. The van der Waals surface area contributed by atoms with Crippen LogP contribution in [0.15, 0.2) is 12.7 Å². The van der Waals surface area contributed by atoms with Gasteiger partial charge in [-0.05, 0) is 32.1 Å². The second-order valence-electron chi connectivity index (χ2n) is 4.97. The predicted octanol–water partition coefficient (Wildman–Crippen LogP) is 1.64. The molecule has 0 aromatic carbocycles. The fourth-order valence-corrected chi connectivity index (χ4v) is 2.56. The van der Waals surface area contributed by atoms with E-state index in [1.165, 1.54) is 32.5 Å². The number of nitrogens with zero attached hydrogens (tertiary/aromatic N) is 1. The van der Waals surface area contributed by atoms with Crippen molar-refractivity contribution in [3.05, 3.63) is 12.7 Å². The molecule has 2 heteroatoms. The van der Waals surface area contributed by atoms with Crippen molar-refractivity contribution < 1.29 is 0 Å². The SMILES string of the molecule is C=CCCN1CCNC(C)(C2CC2)C1. The molecule has 80 valence electrons. The van der Waals surface area contributed by atoms with E-state index in [-0.39, 0.29) is 0 Å². The number of nitrogens with one attached hydrogen (secondary N) is 1. The van der Waals surface area contributed by atoms with Gasteiger partial charge in [0.05, 0.1) is 0 Å². The lowest BCUT2D eigenvalue weighted by Crippen LogP contribution is -2.60. The summed E-state index contributed by atoms with van der Waals surface area (Å²) in [7, 11) is 0. The van der Waals surface area contributed by atoms with E-state index in [2.05, 4.69) is 23.7 Å². The molecule has 1 saturated heterocycles. The van der Waals surface area contributed by atoms with E-state index in [4.69, 9.17) is 0 Å². The summed E-state index contributed by atoms with van der Waals surface area (Å²) in [5.74, 6) is 0.939. The molecule has 0 aromatic rings. The summed E-state index contributed by atoms with van der Waals surface area (Å²) in [6.07, 6.45) is 6.01. The Morgan fingerprint density at radius 3 is 3.00 bits per heavy atom. The van der Waals surface area contributed by atoms with Crippen molar-refractivity contribution in [2.45, 2.75) is 31.7 Å². The average Bonchev–Trinajstić information content (AvgIpc) is 2.98. The van der Waals surface area contributed by atoms with E-state index >= 15 is 0 Å². The molecule has 0 radical (unpaired) electrons. The highest BCUT2D eigenvalue weighted by Gasteiger charge is 2.43. The molecule has 2 fully saturated rings.